The van der Waals surface area contributed by atoms with Crippen molar-refractivity contribution >= 4 is 21.7 Å². The Morgan fingerprint density at radius 3 is 2.48 bits per heavy atom. The molecule has 0 unspecified atom stereocenters. The van der Waals surface area contributed by atoms with Crippen LogP contribution in [0.5, 0.6) is 0 Å². The number of hydrogen-bond donors (Lipinski definition) is 1. The smallest absolute Gasteiger partial charge is 0.338 e. The summed E-state index contributed by atoms with van der Waals surface area (Å²) in [6.07, 6.45) is 0.933. The van der Waals surface area contributed by atoms with Crippen molar-refractivity contribution in [1.82, 2.24) is 10.1 Å². The van der Waals surface area contributed by atoms with E-state index in [2.05, 4.69) is 21.8 Å². The summed E-state index contributed by atoms with van der Waals surface area (Å²) in [7, 11) is -3.77. The number of esters is 1. The number of aryl methyl sites for hydroxylation is 1. The van der Waals surface area contributed by atoms with Gasteiger partial charge in [-0.1, -0.05) is 60.6 Å². The van der Waals surface area contributed by atoms with Crippen molar-refractivity contribution in [3.8, 4) is 11.4 Å². The minimum absolute atomic E-state index is 0.120. The summed E-state index contributed by atoms with van der Waals surface area (Å²) in [5, 5.41) is 3.92. The van der Waals surface area contributed by atoms with Crippen molar-refractivity contribution < 1.29 is 22.5 Å². The summed E-state index contributed by atoms with van der Waals surface area (Å²) < 4.78 is 37.9. The summed E-state index contributed by atoms with van der Waals surface area (Å²) >= 11 is 0. The van der Waals surface area contributed by atoms with E-state index in [0.717, 1.165) is 12.0 Å². The summed E-state index contributed by atoms with van der Waals surface area (Å²) in [4.78, 5) is 16.8. The number of carbonyl (C=O) groups is 1. The fraction of sp³-hybridized carbons (Fsp3) is 0.125. The van der Waals surface area contributed by atoms with E-state index in [9.17, 15) is 13.2 Å². The van der Waals surface area contributed by atoms with Crippen LogP contribution < -0.4 is 4.72 Å². The lowest BCUT2D eigenvalue weighted by atomic mass is 10.1. The van der Waals surface area contributed by atoms with Gasteiger partial charge < -0.3 is 9.26 Å². The summed E-state index contributed by atoms with van der Waals surface area (Å²) in [5.41, 5.74) is 2.42. The van der Waals surface area contributed by atoms with Crippen LogP contribution in [0.25, 0.3) is 11.4 Å². The fourth-order valence-electron chi connectivity index (χ4n) is 3.05. The molecule has 0 saturated heterocycles. The number of hydrogen-bond acceptors (Lipinski definition) is 7. The van der Waals surface area contributed by atoms with Gasteiger partial charge in [-0.05, 0) is 42.3 Å². The van der Waals surface area contributed by atoms with Gasteiger partial charge >= 0.3 is 5.97 Å². The standard InChI is InChI=1S/C24H21N3O5S/c1-2-17-11-13-18(14-12-17)23-25-22(32-26-23)16-31-24(28)19-7-6-8-20(15-19)27-33(29,30)21-9-4-3-5-10-21/h3-15,27H,2,16H2,1H3. The number of nitrogens with zero attached hydrogens (tertiary/aromatic N) is 2. The molecule has 0 aliphatic rings. The van der Waals surface area contributed by atoms with Gasteiger partial charge in [-0.15, -0.1) is 0 Å². The molecule has 4 rings (SSSR count). The Morgan fingerprint density at radius 2 is 1.76 bits per heavy atom. The highest BCUT2D eigenvalue weighted by molar-refractivity contribution is 7.92. The van der Waals surface area contributed by atoms with Gasteiger partial charge in [0.1, 0.15) is 0 Å². The van der Waals surface area contributed by atoms with E-state index in [1.165, 1.54) is 29.8 Å². The molecule has 8 nitrogen and oxygen atoms in total. The first-order valence-corrected chi connectivity index (χ1v) is 11.7. The number of sulfonamides is 1. The van der Waals surface area contributed by atoms with Gasteiger partial charge in [0.2, 0.25) is 5.82 Å². The zero-order valence-corrected chi connectivity index (χ0v) is 18.6. The fourth-order valence-corrected chi connectivity index (χ4v) is 4.12. The van der Waals surface area contributed by atoms with Crippen molar-refractivity contribution in [2.75, 3.05) is 4.72 Å². The largest absolute Gasteiger partial charge is 0.452 e. The zero-order valence-electron chi connectivity index (χ0n) is 17.8. The predicted octanol–water partition coefficient (Wildman–Crippen LogP) is 4.46. The summed E-state index contributed by atoms with van der Waals surface area (Å²) in [5.74, 6) is -0.0947. The number of benzene rings is 3. The Labute approximate surface area is 191 Å². The average molecular weight is 464 g/mol. The van der Waals surface area contributed by atoms with Crippen LogP contribution in [0.2, 0.25) is 0 Å². The number of carbonyl (C=O) groups excluding carboxylic acids is 1. The molecule has 0 spiro atoms. The van der Waals surface area contributed by atoms with Crippen molar-refractivity contribution in [3.05, 3.63) is 95.9 Å². The third-order valence-electron chi connectivity index (χ3n) is 4.82. The predicted molar refractivity (Wildman–Crippen MR) is 122 cm³/mol. The summed E-state index contributed by atoms with van der Waals surface area (Å²) in [6, 6.07) is 21.8. The zero-order chi connectivity index (χ0) is 23.3. The van der Waals surface area contributed by atoms with Crippen LogP contribution in [0, 0.1) is 0 Å². The lowest BCUT2D eigenvalue weighted by Crippen LogP contribution is -2.13. The second kappa shape index (κ2) is 9.66. The first kappa shape index (κ1) is 22.2. The molecule has 4 aromatic rings. The Morgan fingerprint density at radius 1 is 1.00 bits per heavy atom. The number of rotatable bonds is 8. The molecule has 0 bridgehead atoms. The van der Waals surface area contributed by atoms with Crippen molar-refractivity contribution in [2.45, 2.75) is 24.8 Å². The van der Waals surface area contributed by atoms with E-state index in [1.807, 2.05) is 24.3 Å². The Kier molecular flexibility index (Phi) is 6.50. The van der Waals surface area contributed by atoms with Crippen LogP contribution in [0.4, 0.5) is 5.69 Å². The second-order valence-electron chi connectivity index (χ2n) is 7.14. The maximum Gasteiger partial charge on any atom is 0.338 e. The van der Waals surface area contributed by atoms with Crippen LogP contribution in [-0.2, 0) is 27.8 Å². The number of nitrogens with one attached hydrogen (secondary N) is 1. The van der Waals surface area contributed by atoms with Gasteiger partial charge in [0.15, 0.2) is 6.61 Å². The molecule has 3 aromatic carbocycles. The Balaban J connectivity index is 1.40. The van der Waals surface area contributed by atoms with Gasteiger partial charge in [0.05, 0.1) is 10.5 Å². The van der Waals surface area contributed by atoms with Gasteiger partial charge in [0.25, 0.3) is 15.9 Å². The second-order valence-corrected chi connectivity index (χ2v) is 8.82. The number of ether oxygens (including phenoxy) is 1. The quantitative estimate of drug-likeness (QED) is 0.384. The molecule has 1 heterocycles. The third-order valence-corrected chi connectivity index (χ3v) is 6.22. The van der Waals surface area contributed by atoms with Crippen LogP contribution in [0.1, 0.15) is 28.7 Å². The van der Waals surface area contributed by atoms with E-state index in [0.29, 0.717) is 5.82 Å². The van der Waals surface area contributed by atoms with Crippen molar-refractivity contribution in [1.29, 1.82) is 0 Å². The highest BCUT2D eigenvalue weighted by Crippen LogP contribution is 2.19. The molecule has 0 atom stereocenters. The van der Waals surface area contributed by atoms with Gasteiger partial charge in [-0.25, -0.2) is 13.2 Å². The highest BCUT2D eigenvalue weighted by Gasteiger charge is 2.16. The van der Waals surface area contributed by atoms with Crippen LogP contribution in [0.15, 0.2) is 88.3 Å². The molecule has 0 radical (unpaired) electrons. The van der Waals surface area contributed by atoms with Crippen LogP contribution in [-0.4, -0.2) is 24.5 Å². The monoisotopic (exact) mass is 463 g/mol. The van der Waals surface area contributed by atoms with E-state index in [-0.39, 0.29) is 28.6 Å². The molecule has 0 fully saturated rings. The van der Waals surface area contributed by atoms with Gasteiger partial charge in [0, 0.05) is 11.3 Å². The first-order valence-electron chi connectivity index (χ1n) is 10.2. The molecule has 0 aliphatic heterocycles. The van der Waals surface area contributed by atoms with E-state index in [4.69, 9.17) is 9.26 Å². The molecular weight excluding hydrogens is 442 g/mol. The molecule has 1 aromatic heterocycles. The van der Waals surface area contributed by atoms with Crippen LogP contribution in [0.3, 0.4) is 0 Å². The molecule has 168 valence electrons. The molecule has 9 heteroatoms. The van der Waals surface area contributed by atoms with E-state index >= 15 is 0 Å². The normalized spacial score (nSPS) is 11.2. The van der Waals surface area contributed by atoms with E-state index in [1.54, 1.807) is 30.3 Å². The molecule has 33 heavy (non-hydrogen) atoms. The molecule has 0 amide bonds. The lowest BCUT2D eigenvalue weighted by Gasteiger charge is -2.09. The first-order chi connectivity index (χ1) is 15.9. The molecule has 0 aliphatic carbocycles. The minimum Gasteiger partial charge on any atom is -0.452 e. The molecule has 0 saturated carbocycles. The number of aromatic nitrogens is 2. The van der Waals surface area contributed by atoms with E-state index < -0.39 is 16.0 Å². The average Bonchev–Trinajstić information content (AvgIpc) is 3.32. The Hall–Kier alpha value is -3.98. The van der Waals surface area contributed by atoms with Gasteiger partial charge in [-0.3, -0.25) is 4.72 Å². The topological polar surface area (TPSA) is 111 Å². The molecular formula is C24H21N3O5S. The van der Waals surface area contributed by atoms with Crippen molar-refractivity contribution in [2.24, 2.45) is 0 Å². The highest BCUT2D eigenvalue weighted by atomic mass is 32.2. The van der Waals surface area contributed by atoms with Crippen LogP contribution >= 0.6 is 0 Å². The summed E-state index contributed by atoms with van der Waals surface area (Å²) in [6.45, 7) is 1.86. The molecule has 1 N–H and O–H groups in total. The third kappa shape index (κ3) is 5.45. The number of anilines is 1. The lowest BCUT2D eigenvalue weighted by molar-refractivity contribution is 0.0430. The SMILES string of the molecule is CCc1ccc(-c2noc(COC(=O)c3cccc(NS(=O)(=O)c4ccccc4)c3)n2)cc1. The maximum absolute atomic E-state index is 12.5. The van der Waals surface area contributed by atoms with Gasteiger partial charge in [-0.2, -0.15) is 4.98 Å². The maximum atomic E-state index is 12.5. The minimum atomic E-state index is -3.77. The Bertz CT molecular complexity index is 1350. The van der Waals surface area contributed by atoms with Crippen molar-refractivity contribution in [3.63, 3.8) is 0 Å².